The molecule has 1 amide bonds. The van der Waals surface area contributed by atoms with Gasteiger partial charge >= 0.3 is 0 Å². The number of hydrogen-bond donors (Lipinski definition) is 0. The van der Waals surface area contributed by atoms with Crippen molar-refractivity contribution in [3.05, 3.63) is 29.3 Å². The maximum Gasteiger partial charge on any atom is 0.245 e. The lowest BCUT2D eigenvalue weighted by Crippen LogP contribution is -2.45. The first-order chi connectivity index (χ1) is 13.2. The Bertz CT molecular complexity index is 871. The minimum absolute atomic E-state index is 0.169. The zero-order valence-corrected chi connectivity index (χ0v) is 15.6. The van der Waals surface area contributed by atoms with E-state index in [0.717, 1.165) is 69.2 Å². The van der Waals surface area contributed by atoms with E-state index in [-0.39, 0.29) is 5.41 Å². The van der Waals surface area contributed by atoms with Crippen LogP contribution < -0.4 is 9.64 Å². The van der Waals surface area contributed by atoms with Crippen LogP contribution in [0.15, 0.2) is 18.2 Å². The lowest BCUT2D eigenvalue weighted by molar-refractivity contribution is -0.135. The number of likely N-dealkylation sites (tertiary alicyclic amines) is 1. The number of tetrazole rings is 1. The highest BCUT2D eigenvalue weighted by Gasteiger charge is 2.47. The Morgan fingerprint density at radius 3 is 2.78 bits per heavy atom. The predicted molar refractivity (Wildman–Crippen MR) is 98.7 cm³/mol. The average molecular weight is 368 g/mol. The van der Waals surface area contributed by atoms with E-state index in [9.17, 15) is 4.79 Å². The number of para-hydroxylation sites is 1. The van der Waals surface area contributed by atoms with Gasteiger partial charge in [-0.25, -0.2) is 4.68 Å². The molecule has 0 radical (unpaired) electrons. The van der Waals surface area contributed by atoms with E-state index >= 15 is 0 Å². The molecule has 8 nitrogen and oxygen atoms in total. The molecular formula is C19H24N6O2. The summed E-state index contributed by atoms with van der Waals surface area (Å²) in [6, 6.07) is 6.26. The van der Waals surface area contributed by atoms with Gasteiger partial charge < -0.3 is 14.5 Å². The molecule has 2 aromatic rings. The fraction of sp³-hybridized carbons (Fsp3) is 0.579. The van der Waals surface area contributed by atoms with Crippen molar-refractivity contribution >= 4 is 11.9 Å². The van der Waals surface area contributed by atoms with E-state index in [1.165, 1.54) is 5.56 Å². The average Bonchev–Trinajstić information content (AvgIpc) is 3.40. The van der Waals surface area contributed by atoms with Crippen molar-refractivity contribution in [3.8, 4) is 5.75 Å². The first-order valence-electron chi connectivity index (χ1n) is 9.67. The lowest BCUT2D eigenvalue weighted by Gasteiger charge is -2.37. The van der Waals surface area contributed by atoms with Crippen LogP contribution in [0.1, 0.15) is 30.4 Å². The molecule has 1 spiro atoms. The third kappa shape index (κ3) is 2.65. The van der Waals surface area contributed by atoms with E-state index in [4.69, 9.17) is 4.74 Å². The smallest absolute Gasteiger partial charge is 0.245 e. The summed E-state index contributed by atoms with van der Waals surface area (Å²) in [5.41, 5.74) is 2.20. The van der Waals surface area contributed by atoms with Crippen LogP contribution in [0.25, 0.3) is 0 Å². The van der Waals surface area contributed by atoms with Crippen LogP contribution in [0.5, 0.6) is 5.75 Å². The molecule has 2 fully saturated rings. The number of amides is 1. The van der Waals surface area contributed by atoms with Gasteiger partial charge in [0.2, 0.25) is 11.9 Å². The number of aromatic nitrogens is 4. The number of ether oxygens (including phenoxy) is 1. The maximum absolute atomic E-state index is 12.5. The Morgan fingerprint density at radius 1 is 1.19 bits per heavy atom. The monoisotopic (exact) mass is 368 g/mol. The van der Waals surface area contributed by atoms with Gasteiger partial charge in [0.1, 0.15) is 5.75 Å². The number of carbonyl (C=O) groups excluding carboxylic acids is 1. The number of anilines is 1. The molecule has 2 saturated heterocycles. The second-order valence-electron chi connectivity index (χ2n) is 7.88. The summed E-state index contributed by atoms with van der Waals surface area (Å²) in [7, 11) is 1.91. The van der Waals surface area contributed by atoms with Crippen molar-refractivity contribution in [3.63, 3.8) is 0 Å². The number of carbonyl (C=O) groups is 1. The molecule has 0 atom stereocenters. The topological polar surface area (TPSA) is 76.4 Å². The normalized spacial score (nSPS) is 21.0. The van der Waals surface area contributed by atoms with E-state index in [1.807, 2.05) is 16.6 Å². The zero-order chi connectivity index (χ0) is 18.4. The summed E-state index contributed by atoms with van der Waals surface area (Å²) >= 11 is 0. The van der Waals surface area contributed by atoms with Crippen molar-refractivity contribution in [2.24, 2.45) is 5.41 Å². The van der Waals surface area contributed by atoms with Crippen LogP contribution in [0.2, 0.25) is 0 Å². The van der Waals surface area contributed by atoms with Gasteiger partial charge in [0.25, 0.3) is 0 Å². The summed E-state index contributed by atoms with van der Waals surface area (Å²) in [5.74, 6) is 2.06. The van der Waals surface area contributed by atoms with Crippen molar-refractivity contribution in [1.82, 2.24) is 25.1 Å². The zero-order valence-electron chi connectivity index (χ0n) is 15.6. The minimum atomic E-state index is -0.169. The molecule has 5 rings (SSSR count). The molecule has 1 aromatic heterocycles. The third-order valence-corrected chi connectivity index (χ3v) is 6.36. The fourth-order valence-electron chi connectivity index (χ4n) is 4.69. The highest BCUT2D eigenvalue weighted by atomic mass is 16.5. The Kier molecular flexibility index (Phi) is 3.80. The molecule has 142 valence electrons. The molecule has 4 heterocycles. The van der Waals surface area contributed by atoms with Crippen molar-refractivity contribution in [2.45, 2.75) is 32.2 Å². The van der Waals surface area contributed by atoms with Crippen LogP contribution in [-0.4, -0.2) is 64.3 Å². The van der Waals surface area contributed by atoms with Crippen LogP contribution in [0.3, 0.4) is 0 Å². The van der Waals surface area contributed by atoms with Gasteiger partial charge in [0.15, 0.2) is 0 Å². The standard InChI is InChI=1S/C19H24N6O2/c1-23-9-6-19(17(23)26)7-10-24(11-8-19)18-20-21-22-25(18)13-15-4-2-3-14-5-12-27-16(14)15/h2-4H,5-13H2,1H3. The number of piperidine rings is 1. The molecule has 3 aliphatic heterocycles. The van der Waals surface area contributed by atoms with Crippen molar-refractivity contribution in [2.75, 3.05) is 38.2 Å². The first kappa shape index (κ1) is 16.5. The quantitative estimate of drug-likeness (QED) is 0.808. The van der Waals surface area contributed by atoms with E-state index in [2.05, 4.69) is 38.6 Å². The van der Waals surface area contributed by atoms with E-state index in [1.54, 1.807) is 0 Å². The molecule has 1 aromatic carbocycles. The minimum Gasteiger partial charge on any atom is -0.493 e. The van der Waals surface area contributed by atoms with E-state index < -0.39 is 0 Å². The SMILES string of the molecule is CN1CCC2(CCN(c3nnnn3Cc3cccc4c3OCC4)CC2)C1=O. The molecule has 27 heavy (non-hydrogen) atoms. The van der Waals surface area contributed by atoms with Crippen LogP contribution in [0.4, 0.5) is 5.95 Å². The summed E-state index contributed by atoms with van der Waals surface area (Å²) in [6.45, 7) is 3.82. The van der Waals surface area contributed by atoms with Gasteiger partial charge in [-0.15, -0.1) is 0 Å². The molecule has 8 heteroatoms. The van der Waals surface area contributed by atoms with Crippen molar-refractivity contribution in [1.29, 1.82) is 0 Å². The molecule has 0 unspecified atom stereocenters. The molecule has 0 saturated carbocycles. The Morgan fingerprint density at radius 2 is 2.00 bits per heavy atom. The number of fused-ring (bicyclic) bond motifs is 1. The second kappa shape index (κ2) is 6.21. The largest absolute Gasteiger partial charge is 0.493 e. The third-order valence-electron chi connectivity index (χ3n) is 6.36. The highest BCUT2D eigenvalue weighted by Crippen LogP contribution is 2.41. The van der Waals surface area contributed by atoms with Crippen LogP contribution >= 0.6 is 0 Å². The first-order valence-corrected chi connectivity index (χ1v) is 9.67. The summed E-state index contributed by atoms with van der Waals surface area (Å²) in [5, 5.41) is 12.4. The number of hydrogen-bond acceptors (Lipinski definition) is 6. The van der Waals surface area contributed by atoms with E-state index in [0.29, 0.717) is 12.5 Å². The lowest BCUT2D eigenvalue weighted by atomic mass is 9.77. The summed E-state index contributed by atoms with van der Waals surface area (Å²) < 4.78 is 7.66. The van der Waals surface area contributed by atoms with Gasteiger partial charge in [-0.3, -0.25) is 4.79 Å². The predicted octanol–water partition coefficient (Wildman–Crippen LogP) is 1.10. The molecule has 0 bridgehead atoms. The summed E-state index contributed by atoms with van der Waals surface area (Å²) in [6.07, 6.45) is 3.66. The molecular weight excluding hydrogens is 344 g/mol. The Labute approximate surface area is 158 Å². The Balaban J connectivity index is 1.33. The number of rotatable bonds is 3. The molecule has 3 aliphatic rings. The number of nitrogens with zero attached hydrogens (tertiary/aromatic N) is 6. The second-order valence-corrected chi connectivity index (χ2v) is 7.88. The van der Waals surface area contributed by atoms with Crippen LogP contribution in [-0.2, 0) is 17.8 Å². The summed E-state index contributed by atoms with van der Waals surface area (Å²) in [4.78, 5) is 16.6. The maximum atomic E-state index is 12.5. The Hall–Kier alpha value is -2.64. The molecule has 0 N–H and O–H groups in total. The van der Waals surface area contributed by atoms with Gasteiger partial charge in [0.05, 0.1) is 18.6 Å². The van der Waals surface area contributed by atoms with Gasteiger partial charge in [-0.05, 0) is 35.3 Å². The van der Waals surface area contributed by atoms with Crippen molar-refractivity contribution < 1.29 is 9.53 Å². The van der Waals surface area contributed by atoms with Gasteiger partial charge in [-0.1, -0.05) is 23.3 Å². The van der Waals surface area contributed by atoms with Crippen LogP contribution in [0, 0.1) is 5.41 Å². The van der Waals surface area contributed by atoms with Gasteiger partial charge in [0, 0.05) is 38.7 Å². The fourth-order valence-corrected chi connectivity index (χ4v) is 4.69. The van der Waals surface area contributed by atoms with Gasteiger partial charge in [-0.2, -0.15) is 0 Å². The highest BCUT2D eigenvalue weighted by molar-refractivity contribution is 5.84. The number of benzene rings is 1. The molecule has 0 aliphatic carbocycles.